The molecule has 1 nitrogen and oxygen atoms in total. The van der Waals surface area contributed by atoms with Crippen molar-refractivity contribution in [2.45, 2.75) is 44.8 Å². The summed E-state index contributed by atoms with van der Waals surface area (Å²) in [6.45, 7) is 14.5. The molecule has 0 radical (unpaired) electrons. The minimum atomic E-state index is -2.14. The molecule has 90 valence electrons. The molecule has 0 aromatic rings. The van der Waals surface area contributed by atoms with Crippen molar-refractivity contribution in [1.82, 2.24) is 0 Å². The predicted molar refractivity (Wildman–Crippen MR) is 79.0 cm³/mol. The van der Waals surface area contributed by atoms with Gasteiger partial charge in [0.05, 0.1) is 0 Å². The van der Waals surface area contributed by atoms with Crippen molar-refractivity contribution in [1.29, 1.82) is 0 Å². The van der Waals surface area contributed by atoms with Crippen LogP contribution in [0.2, 0.25) is 37.9 Å². The van der Waals surface area contributed by atoms with E-state index in [-0.39, 0.29) is 0 Å². The Hall–Kier alpha value is 0.931. The van der Waals surface area contributed by atoms with Crippen LogP contribution < -0.4 is 0 Å². The Bertz CT molecular complexity index is 236. The Morgan fingerprint density at radius 3 is 1.80 bits per heavy atom. The SMILES string of the molecule is C=C[Si](C)(C)O[Si](C)(C)C(C)[Si](C)(Cl)Cl. The summed E-state index contributed by atoms with van der Waals surface area (Å²) in [6.07, 6.45) is 0. The van der Waals surface area contributed by atoms with Crippen molar-refractivity contribution >= 4 is 45.5 Å². The van der Waals surface area contributed by atoms with Crippen molar-refractivity contribution in [2.24, 2.45) is 0 Å². The van der Waals surface area contributed by atoms with Gasteiger partial charge in [-0.3, -0.25) is 0 Å². The molecule has 0 bridgehead atoms. The molecular formula is C9H22Cl2OSi3. The second-order valence-corrected chi connectivity index (χ2v) is 22.3. The number of rotatable bonds is 5. The second kappa shape index (κ2) is 5.06. The fourth-order valence-corrected chi connectivity index (χ4v) is 18.0. The zero-order valence-corrected chi connectivity index (χ0v) is 15.0. The van der Waals surface area contributed by atoms with Gasteiger partial charge in [0.15, 0.2) is 16.6 Å². The summed E-state index contributed by atoms with van der Waals surface area (Å²) in [5.41, 5.74) is 1.97. The maximum Gasteiger partial charge on any atom is 0.250 e. The number of hydrogen-bond donors (Lipinski definition) is 0. The van der Waals surface area contributed by atoms with Crippen LogP contribution in [0.5, 0.6) is 0 Å². The van der Waals surface area contributed by atoms with Crippen molar-refractivity contribution < 1.29 is 4.12 Å². The van der Waals surface area contributed by atoms with E-state index < -0.39 is 23.3 Å². The average molecular weight is 301 g/mol. The van der Waals surface area contributed by atoms with Gasteiger partial charge in [0.2, 0.25) is 0 Å². The molecule has 1 atom stereocenters. The van der Waals surface area contributed by atoms with Crippen molar-refractivity contribution in [3.63, 3.8) is 0 Å². The van der Waals surface area contributed by atoms with Crippen LogP contribution in [-0.4, -0.2) is 23.3 Å². The first-order chi connectivity index (χ1) is 6.42. The fraction of sp³-hybridized carbons (Fsp3) is 0.778. The second-order valence-electron chi connectivity index (χ2n) is 5.19. The molecule has 6 heteroatoms. The van der Waals surface area contributed by atoms with E-state index in [1.807, 2.05) is 12.2 Å². The van der Waals surface area contributed by atoms with Crippen molar-refractivity contribution in [3.8, 4) is 0 Å². The molecule has 0 aliphatic rings. The lowest BCUT2D eigenvalue weighted by Gasteiger charge is -2.39. The molecule has 0 spiro atoms. The molecule has 0 saturated heterocycles. The first kappa shape index (κ1) is 15.9. The van der Waals surface area contributed by atoms with E-state index in [9.17, 15) is 0 Å². The molecule has 0 aromatic heterocycles. The lowest BCUT2D eigenvalue weighted by molar-refractivity contribution is 0.550. The highest BCUT2D eigenvalue weighted by atomic mass is 35.7. The lowest BCUT2D eigenvalue weighted by Crippen LogP contribution is -2.50. The topological polar surface area (TPSA) is 9.23 Å². The van der Waals surface area contributed by atoms with E-state index in [1.165, 1.54) is 0 Å². The molecule has 0 aliphatic carbocycles. The third-order valence-corrected chi connectivity index (χ3v) is 18.5. The highest BCUT2D eigenvalue weighted by Crippen LogP contribution is 2.38. The van der Waals surface area contributed by atoms with E-state index >= 15 is 0 Å². The monoisotopic (exact) mass is 300 g/mol. The molecule has 0 rings (SSSR count). The van der Waals surface area contributed by atoms with Gasteiger partial charge in [0.1, 0.15) is 0 Å². The van der Waals surface area contributed by atoms with Gasteiger partial charge in [0.25, 0.3) is 6.69 Å². The molecule has 0 saturated carbocycles. The van der Waals surface area contributed by atoms with E-state index in [0.29, 0.717) is 5.16 Å². The minimum absolute atomic E-state index is 0.319. The zero-order chi connectivity index (χ0) is 12.5. The standard InChI is InChI=1S/C9H22Cl2OSi3/c1-8-13(3,4)12-14(5,6)9(2)15(7,10)11/h8-9H,1H2,2-7H3. The number of hydrogen-bond acceptors (Lipinski definition) is 1. The predicted octanol–water partition coefficient (Wildman–Crippen LogP) is 4.62. The van der Waals surface area contributed by atoms with Gasteiger partial charge in [-0.2, -0.15) is 0 Å². The van der Waals surface area contributed by atoms with Crippen LogP contribution in [0, 0.1) is 0 Å². The van der Waals surface area contributed by atoms with Crippen LogP contribution in [-0.2, 0) is 4.12 Å². The van der Waals surface area contributed by atoms with Crippen LogP contribution in [0.25, 0.3) is 0 Å². The summed E-state index contributed by atoms with van der Waals surface area (Å²) in [6, 6.07) is 0. The minimum Gasteiger partial charge on any atom is -0.452 e. The molecule has 0 N–H and O–H groups in total. The molecule has 0 heterocycles. The first-order valence-corrected chi connectivity index (χ1v) is 15.7. The number of halogens is 2. The lowest BCUT2D eigenvalue weighted by atomic mass is 10.9. The maximum atomic E-state index is 6.29. The Balaban J connectivity index is 4.76. The maximum absolute atomic E-state index is 6.29. The summed E-state index contributed by atoms with van der Waals surface area (Å²) in [4.78, 5) is 0. The van der Waals surface area contributed by atoms with Gasteiger partial charge in [-0.25, -0.2) is 0 Å². The van der Waals surface area contributed by atoms with E-state index in [1.54, 1.807) is 0 Å². The molecular weight excluding hydrogens is 279 g/mol. The van der Waals surface area contributed by atoms with Crippen LogP contribution >= 0.6 is 22.2 Å². The van der Waals surface area contributed by atoms with Gasteiger partial charge >= 0.3 is 0 Å². The molecule has 0 fully saturated rings. The van der Waals surface area contributed by atoms with Crippen LogP contribution in [0.1, 0.15) is 6.92 Å². The average Bonchev–Trinajstić information content (AvgIpc) is 1.99. The fourth-order valence-electron chi connectivity index (χ4n) is 1.42. The van der Waals surface area contributed by atoms with E-state index in [2.05, 4.69) is 39.7 Å². The van der Waals surface area contributed by atoms with Gasteiger partial charge in [0, 0.05) is 0 Å². The Morgan fingerprint density at radius 1 is 1.13 bits per heavy atom. The normalized spacial score (nSPS) is 16.3. The van der Waals surface area contributed by atoms with Crippen LogP contribution in [0.4, 0.5) is 0 Å². The zero-order valence-electron chi connectivity index (χ0n) is 10.5. The van der Waals surface area contributed by atoms with Crippen LogP contribution in [0.15, 0.2) is 12.3 Å². The molecule has 1 unspecified atom stereocenters. The third kappa shape index (κ3) is 5.19. The van der Waals surface area contributed by atoms with E-state index in [0.717, 1.165) is 0 Å². The van der Waals surface area contributed by atoms with Gasteiger partial charge in [-0.05, 0) is 37.9 Å². The highest BCUT2D eigenvalue weighted by molar-refractivity contribution is 7.47. The van der Waals surface area contributed by atoms with Crippen molar-refractivity contribution in [2.75, 3.05) is 0 Å². The van der Waals surface area contributed by atoms with Crippen LogP contribution in [0.3, 0.4) is 0 Å². The Kier molecular flexibility index (Phi) is 5.37. The summed E-state index contributed by atoms with van der Waals surface area (Å²) in [5.74, 6) is 0. The molecule has 0 aliphatic heterocycles. The van der Waals surface area contributed by atoms with E-state index in [4.69, 9.17) is 26.3 Å². The Morgan fingerprint density at radius 2 is 1.53 bits per heavy atom. The van der Waals surface area contributed by atoms with Gasteiger partial charge in [-0.15, -0.1) is 28.7 Å². The smallest absolute Gasteiger partial charge is 0.250 e. The quantitative estimate of drug-likeness (QED) is 0.532. The Labute approximate surface area is 106 Å². The van der Waals surface area contributed by atoms with Crippen molar-refractivity contribution in [3.05, 3.63) is 12.3 Å². The third-order valence-electron chi connectivity index (χ3n) is 2.82. The summed E-state index contributed by atoms with van der Waals surface area (Å²) in [7, 11) is -3.53. The van der Waals surface area contributed by atoms with Gasteiger partial charge in [-0.1, -0.05) is 12.6 Å². The largest absolute Gasteiger partial charge is 0.452 e. The summed E-state index contributed by atoms with van der Waals surface area (Å²) >= 11 is 12.6. The summed E-state index contributed by atoms with van der Waals surface area (Å²) < 4.78 is 6.29. The van der Waals surface area contributed by atoms with Gasteiger partial charge < -0.3 is 4.12 Å². The first-order valence-electron chi connectivity index (χ1n) is 5.14. The molecule has 0 amide bonds. The molecule has 0 aromatic carbocycles. The summed E-state index contributed by atoms with van der Waals surface area (Å²) in [5, 5.41) is 0.319. The molecule has 15 heavy (non-hydrogen) atoms. The highest BCUT2D eigenvalue weighted by Gasteiger charge is 2.45.